The monoisotopic (exact) mass is 246 g/mol. The van der Waals surface area contributed by atoms with E-state index in [1.54, 1.807) is 0 Å². The molecule has 0 aromatic rings. The van der Waals surface area contributed by atoms with Crippen LogP contribution in [0.2, 0.25) is 0 Å². The Hall–Kier alpha value is -0.813. The number of carbonyl (C=O) groups excluding carboxylic acids is 1. The molecule has 5 heteroatoms. The number of hydrogen-bond acceptors (Lipinski definition) is 4. The maximum Gasteiger partial charge on any atom is 0.513 e. The van der Waals surface area contributed by atoms with E-state index in [4.69, 9.17) is 9.16 Å². The molecule has 94 valence electrons. The van der Waals surface area contributed by atoms with Gasteiger partial charge in [0, 0.05) is 5.41 Å². The second-order valence-corrected chi connectivity index (χ2v) is 5.61. The summed E-state index contributed by atoms with van der Waals surface area (Å²) in [6.45, 7) is 13.1. The lowest BCUT2D eigenvalue weighted by Gasteiger charge is -2.40. The van der Waals surface area contributed by atoms with E-state index in [1.165, 1.54) is 0 Å². The van der Waals surface area contributed by atoms with Crippen molar-refractivity contribution in [3.63, 3.8) is 0 Å². The van der Waals surface area contributed by atoms with Crippen molar-refractivity contribution in [1.29, 1.82) is 0 Å². The van der Waals surface area contributed by atoms with Crippen molar-refractivity contribution in [3.05, 3.63) is 12.8 Å². The van der Waals surface area contributed by atoms with Crippen LogP contribution in [0.5, 0.6) is 0 Å². The number of ether oxygens (including phenoxy) is 2. The van der Waals surface area contributed by atoms with Gasteiger partial charge in [0.2, 0.25) is 0 Å². The van der Waals surface area contributed by atoms with E-state index in [2.05, 4.69) is 11.3 Å². The predicted molar refractivity (Wildman–Crippen MR) is 66.1 cm³/mol. The highest BCUT2D eigenvalue weighted by Gasteiger charge is 2.41. The van der Waals surface area contributed by atoms with Crippen molar-refractivity contribution in [3.8, 4) is 0 Å². The first-order chi connectivity index (χ1) is 7.15. The van der Waals surface area contributed by atoms with Crippen LogP contribution >= 0.6 is 0 Å². The Balaban J connectivity index is 4.84. The van der Waals surface area contributed by atoms with Gasteiger partial charge in [-0.25, -0.2) is 4.79 Å². The van der Waals surface area contributed by atoms with Gasteiger partial charge >= 0.3 is 6.16 Å². The molecule has 0 N–H and O–H groups in total. The minimum atomic E-state index is -0.748. The molecule has 0 saturated heterocycles. The molecule has 0 aromatic carbocycles. The molecule has 0 saturated carbocycles. The van der Waals surface area contributed by atoms with Crippen LogP contribution in [0.3, 0.4) is 0 Å². The highest BCUT2D eigenvalue weighted by atomic mass is 28.2. The van der Waals surface area contributed by atoms with Crippen molar-refractivity contribution in [1.82, 2.24) is 0 Å². The summed E-state index contributed by atoms with van der Waals surface area (Å²) in [6, 6.07) is 0. The van der Waals surface area contributed by atoms with Gasteiger partial charge in [-0.3, -0.25) is 0 Å². The Morgan fingerprint density at radius 1 is 1.31 bits per heavy atom. The molecule has 0 bridgehead atoms. The first kappa shape index (κ1) is 15.2. The lowest BCUT2D eigenvalue weighted by molar-refractivity contribution is -0.0991. The van der Waals surface area contributed by atoms with Gasteiger partial charge in [-0.2, -0.15) is 0 Å². The van der Waals surface area contributed by atoms with Crippen LogP contribution in [0, 0.1) is 5.41 Å². The lowest BCUT2D eigenvalue weighted by Crippen LogP contribution is -2.49. The molecule has 0 amide bonds. The first-order valence-corrected chi connectivity index (χ1v) is 6.00. The highest BCUT2D eigenvalue weighted by molar-refractivity contribution is 5.98. The van der Waals surface area contributed by atoms with Gasteiger partial charge in [-0.15, -0.1) is 0 Å². The standard InChI is InChI=1S/C11H22O4Si/c1-7-13-9(12)14-8(10(2,3)4)11(5,6)15-16/h7-8H,1H2,2-6,16H3. The molecule has 0 aliphatic carbocycles. The minimum absolute atomic E-state index is 0.228. The zero-order chi connectivity index (χ0) is 13.0. The summed E-state index contributed by atoms with van der Waals surface area (Å²) in [5, 5.41) is 0. The maximum absolute atomic E-state index is 11.3. The van der Waals surface area contributed by atoms with Crippen LogP contribution in [0.1, 0.15) is 34.6 Å². The molecular formula is C11H22O4Si. The molecule has 16 heavy (non-hydrogen) atoms. The van der Waals surface area contributed by atoms with Crippen LogP contribution in [-0.2, 0) is 13.9 Å². The van der Waals surface area contributed by atoms with E-state index in [1.807, 2.05) is 34.6 Å². The van der Waals surface area contributed by atoms with Gasteiger partial charge in [-0.05, 0) is 13.8 Å². The fourth-order valence-electron chi connectivity index (χ4n) is 1.66. The van der Waals surface area contributed by atoms with E-state index in [9.17, 15) is 4.79 Å². The van der Waals surface area contributed by atoms with E-state index in [0.717, 1.165) is 6.26 Å². The second-order valence-electron chi connectivity index (χ2n) is 5.21. The molecule has 0 radical (unpaired) electrons. The Morgan fingerprint density at radius 3 is 2.12 bits per heavy atom. The van der Waals surface area contributed by atoms with Crippen molar-refractivity contribution >= 4 is 16.6 Å². The summed E-state index contributed by atoms with van der Waals surface area (Å²) in [7, 11) is 0.580. The SMILES string of the molecule is C=COC(=O)OC(C(C)(C)C)C(C)(C)O[SiH3]. The van der Waals surface area contributed by atoms with Gasteiger partial charge < -0.3 is 13.9 Å². The summed E-state index contributed by atoms with van der Waals surface area (Å²) in [4.78, 5) is 11.3. The van der Waals surface area contributed by atoms with Gasteiger partial charge in [-0.1, -0.05) is 27.4 Å². The second kappa shape index (κ2) is 5.50. The smallest absolute Gasteiger partial charge is 0.427 e. The zero-order valence-electron chi connectivity index (χ0n) is 11.0. The third-order valence-electron chi connectivity index (χ3n) is 2.34. The molecule has 0 heterocycles. The van der Waals surface area contributed by atoms with Crippen molar-refractivity contribution in [2.45, 2.75) is 46.3 Å². The highest BCUT2D eigenvalue weighted by Crippen LogP contribution is 2.32. The quantitative estimate of drug-likeness (QED) is 0.431. The van der Waals surface area contributed by atoms with E-state index < -0.39 is 11.8 Å². The summed E-state index contributed by atoms with van der Waals surface area (Å²) >= 11 is 0. The van der Waals surface area contributed by atoms with Crippen LogP contribution < -0.4 is 0 Å². The largest absolute Gasteiger partial charge is 0.513 e. The Bertz CT molecular complexity index is 255. The van der Waals surface area contributed by atoms with Gasteiger partial charge in [0.15, 0.2) is 0 Å². The average Bonchev–Trinajstić information content (AvgIpc) is 2.13. The average molecular weight is 246 g/mol. The number of rotatable bonds is 4. The molecule has 4 nitrogen and oxygen atoms in total. The van der Waals surface area contributed by atoms with Gasteiger partial charge in [0.05, 0.1) is 11.9 Å². The molecule has 1 atom stereocenters. The molecule has 0 aliphatic heterocycles. The third kappa shape index (κ3) is 4.36. The van der Waals surface area contributed by atoms with Crippen LogP contribution in [0.4, 0.5) is 4.79 Å². The van der Waals surface area contributed by atoms with Crippen LogP contribution in [-0.4, -0.2) is 28.3 Å². The molecule has 0 aromatic heterocycles. The summed E-state index contributed by atoms with van der Waals surface area (Å²) in [6.07, 6.45) is -0.0805. The number of hydrogen-bond donors (Lipinski definition) is 0. The van der Waals surface area contributed by atoms with Crippen molar-refractivity contribution in [2.24, 2.45) is 5.41 Å². The summed E-state index contributed by atoms with van der Waals surface area (Å²) < 4.78 is 15.3. The zero-order valence-corrected chi connectivity index (χ0v) is 13.0. The molecule has 1 unspecified atom stereocenters. The molecule has 0 spiro atoms. The fourth-order valence-corrected chi connectivity index (χ4v) is 1.87. The molecular weight excluding hydrogens is 224 g/mol. The third-order valence-corrected chi connectivity index (χ3v) is 3.39. The Labute approximate surface area is 100 Å². The van der Waals surface area contributed by atoms with Crippen LogP contribution in [0.15, 0.2) is 12.8 Å². The Kier molecular flexibility index (Phi) is 5.22. The minimum Gasteiger partial charge on any atom is -0.427 e. The topological polar surface area (TPSA) is 44.8 Å². The fraction of sp³-hybridized carbons (Fsp3) is 0.727. The Morgan fingerprint density at radius 2 is 1.81 bits per heavy atom. The summed E-state index contributed by atoms with van der Waals surface area (Å²) in [5.41, 5.74) is -0.751. The lowest BCUT2D eigenvalue weighted by atomic mass is 9.80. The van der Waals surface area contributed by atoms with Gasteiger partial charge in [0.1, 0.15) is 16.6 Å². The predicted octanol–water partition coefficient (Wildman–Crippen LogP) is 1.77. The van der Waals surface area contributed by atoms with Crippen molar-refractivity contribution < 1.29 is 18.7 Å². The van der Waals surface area contributed by atoms with Crippen LogP contribution in [0.25, 0.3) is 0 Å². The molecule has 0 aliphatic rings. The van der Waals surface area contributed by atoms with E-state index >= 15 is 0 Å². The molecule has 0 fully saturated rings. The van der Waals surface area contributed by atoms with E-state index in [0.29, 0.717) is 10.5 Å². The van der Waals surface area contributed by atoms with Crippen molar-refractivity contribution in [2.75, 3.05) is 0 Å². The number of carbonyl (C=O) groups is 1. The first-order valence-electron chi connectivity index (χ1n) is 5.18. The van der Waals surface area contributed by atoms with E-state index in [-0.39, 0.29) is 11.5 Å². The van der Waals surface area contributed by atoms with Gasteiger partial charge in [0.25, 0.3) is 0 Å². The summed E-state index contributed by atoms with van der Waals surface area (Å²) in [5.74, 6) is 0. The normalized spacial score (nSPS) is 14.3. The molecule has 0 rings (SSSR count). The maximum atomic E-state index is 11.3.